The fraction of sp³-hybridized carbons (Fsp3) is 0.0625. The number of hydrogen-bond donors (Lipinski definition) is 3. The number of amides is 3. The number of rotatable bonds is 4. The van der Waals surface area contributed by atoms with E-state index < -0.39 is 11.8 Å². The number of nitrogens with one attached hydrogen (secondary N) is 2. The van der Waals surface area contributed by atoms with Crippen molar-refractivity contribution in [2.75, 3.05) is 10.6 Å². The fourth-order valence-corrected chi connectivity index (χ4v) is 1.94. The van der Waals surface area contributed by atoms with Crippen LogP contribution in [0.2, 0.25) is 0 Å². The van der Waals surface area contributed by atoms with Crippen LogP contribution in [0.15, 0.2) is 48.5 Å². The van der Waals surface area contributed by atoms with E-state index in [1.807, 2.05) is 0 Å². The van der Waals surface area contributed by atoms with Crippen LogP contribution in [0.4, 0.5) is 11.4 Å². The highest BCUT2D eigenvalue weighted by Gasteiger charge is 2.12. The maximum Gasteiger partial charge on any atom is 0.255 e. The second-order valence-corrected chi connectivity index (χ2v) is 4.63. The second-order valence-electron chi connectivity index (χ2n) is 4.63. The van der Waals surface area contributed by atoms with Crippen molar-refractivity contribution < 1.29 is 14.4 Å². The minimum atomic E-state index is -0.622. The molecular weight excluding hydrogens is 282 g/mol. The van der Waals surface area contributed by atoms with E-state index >= 15 is 0 Å². The Bertz CT molecular complexity index is 741. The van der Waals surface area contributed by atoms with Gasteiger partial charge in [-0.25, -0.2) is 0 Å². The van der Waals surface area contributed by atoms with Crippen molar-refractivity contribution in [3.05, 3.63) is 59.7 Å². The molecule has 112 valence electrons. The number of nitrogens with two attached hydrogens (primary N) is 1. The molecule has 2 aromatic rings. The Balaban J connectivity index is 2.23. The Hall–Kier alpha value is -3.15. The number of primary amides is 1. The van der Waals surface area contributed by atoms with Gasteiger partial charge in [0.05, 0.1) is 11.3 Å². The molecule has 0 radical (unpaired) electrons. The molecule has 0 aliphatic rings. The summed E-state index contributed by atoms with van der Waals surface area (Å²) in [4.78, 5) is 34.6. The zero-order valence-electron chi connectivity index (χ0n) is 11.9. The Morgan fingerprint density at radius 2 is 1.68 bits per heavy atom. The van der Waals surface area contributed by atoms with Gasteiger partial charge >= 0.3 is 0 Å². The van der Waals surface area contributed by atoms with Crippen LogP contribution in [-0.4, -0.2) is 17.7 Å². The van der Waals surface area contributed by atoms with Crippen molar-refractivity contribution in [2.24, 2.45) is 5.73 Å². The van der Waals surface area contributed by atoms with E-state index in [4.69, 9.17) is 5.73 Å². The fourth-order valence-electron chi connectivity index (χ4n) is 1.94. The van der Waals surface area contributed by atoms with Crippen molar-refractivity contribution >= 4 is 29.1 Å². The predicted octanol–water partition coefficient (Wildman–Crippen LogP) is 2.00. The summed E-state index contributed by atoms with van der Waals surface area (Å²) in [5.41, 5.74) is 6.71. The maximum absolute atomic E-state index is 12.3. The van der Waals surface area contributed by atoms with Crippen LogP contribution in [0.5, 0.6) is 0 Å². The average Bonchev–Trinajstić information content (AvgIpc) is 2.47. The van der Waals surface area contributed by atoms with E-state index in [0.29, 0.717) is 16.9 Å². The van der Waals surface area contributed by atoms with Gasteiger partial charge in [0.2, 0.25) is 5.91 Å². The van der Waals surface area contributed by atoms with Gasteiger partial charge in [0.1, 0.15) is 0 Å². The molecular formula is C16H15N3O3. The van der Waals surface area contributed by atoms with Crippen molar-refractivity contribution in [1.29, 1.82) is 0 Å². The Morgan fingerprint density at radius 3 is 2.36 bits per heavy atom. The molecule has 0 aliphatic carbocycles. The first kappa shape index (κ1) is 15.2. The molecule has 0 atom stereocenters. The minimum absolute atomic E-state index is 0.225. The molecule has 0 heterocycles. The topological polar surface area (TPSA) is 101 Å². The number of carbonyl (C=O) groups is 3. The molecule has 6 nitrogen and oxygen atoms in total. The van der Waals surface area contributed by atoms with Crippen molar-refractivity contribution in [3.63, 3.8) is 0 Å². The van der Waals surface area contributed by atoms with E-state index in [-0.39, 0.29) is 11.5 Å². The first-order valence-corrected chi connectivity index (χ1v) is 6.55. The molecule has 22 heavy (non-hydrogen) atoms. The summed E-state index contributed by atoms with van der Waals surface area (Å²) in [6.45, 7) is 1.38. The Kier molecular flexibility index (Phi) is 4.53. The van der Waals surface area contributed by atoms with E-state index in [1.54, 1.807) is 42.5 Å². The molecule has 4 N–H and O–H groups in total. The molecule has 0 aliphatic heterocycles. The van der Waals surface area contributed by atoms with Gasteiger partial charge in [0.15, 0.2) is 0 Å². The third-order valence-corrected chi connectivity index (χ3v) is 2.89. The molecule has 0 bridgehead atoms. The number of carbonyl (C=O) groups excluding carboxylic acids is 3. The van der Waals surface area contributed by atoms with Gasteiger partial charge < -0.3 is 16.4 Å². The average molecular weight is 297 g/mol. The van der Waals surface area contributed by atoms with E-state index in [9.17, 15) is 14.4 Å². The maximum atomic E-state index is 12.3. The van der Waals surface area contributed by atoms with Crippen LogP contribution in [0.3, 0.4) is 0 Å². The lowest BCUT2D eigenvalue weighted by molar-refractivity contribution is -0.114. The molecule has 2 rings (SSSR count). The van der Waals surface area contributed by atoms with Gasteiger partial charge in [-0.1, -0.05) is 18.2 Å². The first-order chi connectivity index (χ1) is 10.5. The normalized spacial score (nSPS) is 9.86. The Labute approximate surface area is 127 Å². The molecule has 0 aromatic heterocycles. The summed E-state index contributed by atoms with van der Waals surface area (Å²) in [6.07, 6.45) is 0. The van der Waals surface area contributed by atoms with Gasteiger partial charge in [0, 0.05) is 18.2 Å². The highest BCUT2D eigenvalue weighted by molar-refractivity contribution is 6.09. The quantitative estimate of drug-likeness (QED) is 0.804. The summed E-state index contributed by atoms with van der Waals surface area (Å²) in [5, 5.41) is 5.24. The monoisotopic (exact) mass is 297 g/mol. The summed E-state index contributed by atoms with van der Waals surface area (Å²) < 4.78 is 0. The highest BCUT2D eigenvalue weighted by atomic mass is 16.2. The van der Waals surface area contributed by atoms with E-state index in [2.05, 4.69) is 10.6 Å². The summed E-state index contributed by atoms with van der Waals surface area (Å²) in [6, 6.07) is 13.0. The van der Waals surface area contributed by atoms with Crippen LogP contribution in [0, 0.1) is 0 Å². The highest BCUT2D eigenvalue weighted by Crippen LogP contribution is 2.17. The van der Waals surface area contributed by atoms with Crippen LogP contribution in [-0.2, 0) is 4.79 Å². The molecule has 0 saturated heterocycles. The Morgan fingerprint density at radius 1 is 0.955 bits per heavy atom. The number of anilines is 2. The zero-order valence-corrected chi connectivity index (χ0v) is 11.9. The van der Waals surface area contributed by atoms with Gasteiger partial charge in [-0.05, 0) is 30.3 Å². The lowest BCUT2D eigenvalue weighted by atomic mass is 10.1. The standard InChI is InChI=1S/C16H15N3O3/c1-10(20)18-12-6-4-5-11(9-12)16(22)19-14-8-3-2-7-13(14)15(17)21/h2-9H,1H3,(H2,17,21)(H,18,20)(H,19,22). The largest absolute Gasteiger partial charge is 0.366 e. The summed E-state index contributed by atoms with van der Waals surface area (Å²) in [5.74, 6) is -1.25. The summed E-state index contributed by atoms with van der Waals surface area (Å²) >= 11 is 0. The number of benzene rings is 2. The lowest BCUT2D eigenvalue weighted by Gasteiger charge is -2.10. The van der Waals surface area contributed by atoms with Gasteiger partial charge in [-0.15, -0.1) is 0 Å². The molecule has 3 amide bonds. The molecule has 2 aromatic carbocycles. The predicted molar refractivity (Wildman–Crippen MR) is 83.7 cm³/mol. The third-order valence-electron chi connectivity index (χ3n) is 2.89. The first-order valence-electron chi connectivity index (χ1n) is 6.55. The lowest BCUT2D eigenvalue weighted by Crippen LogP contribution is -2.18. The summed E-state index contributed by atoms with van der Waals surface area (Å²) in [7, 11) is 0. The molecule has 0 saturated carbocycles. The third kappa shape index (κ3) is 3.69. The molecule has 0 unspecified atom stereocenters. The number of hydrogen-bond acceptors (Lipinski definition) is 3. The SMILES string of the molecule is CC(=O)Nc1cccc(C(=O)Nc2ccccc2C(N)=O)c1. The van der Waals surface area contributed by atoms with Crippen LogP contribution in [0.1, 0.15) is 27.6 Å². The smallest absolute Gasteiger partial charge is 0.255 e. The second kappa shape index (κ2) is 6.53. The van der Waals surface area contributed by atoms with Crippen molar-refractivity contribution in [3.8, 4) is 0 Å². The van der Waals surface area contributed by atoms with Crippen LogP contribution < -0.4 is 16.4 Å². The van der Waals surface area contributed by atoms with Crippen molar-refractivity contribution in [2.45, 2.75) is 6.92 Å². The van der Waals surface area contributed by atoms with Crippen molar-refractivity contribution in [1.82, 2.24) is 0 Å². The van der Waals surface area contributed by atoms with Gasteiger partial charge in [-0.2, -0.15) is 0 Å². The van der Waals surface area contributed by atoms with Crippen LogP contribution >= 0.6 is 0 Å². The molecule has 0 fully saturated rings. The zero-order chi connectivity index (χ0) is 16.1. The van der Waals surface area contributed by atoms with E-state index in [1.165, 1.54) is 13.0 Å². The molecule has 6 heteroatoms. The van der Waals surface area contributed by atoms with E-state index in [0.717, 1.165) is 0 Å². The van der Waals surface area contributed by atoms with Gasteiger partial charge in [0.25, 0.3) is 11.8 Å². The minimum Gasteiger partial charge on any atom is -0.366 e. The number of para-hydroxylation sites is 1. The van der Waals surface area contributed by atoms with Crippen LogP contribution in [0.25, 0.3) is 0 Å². The molecule has 0 spiro atoms. The van der Waals surface area contributed by atoms with Gasteiger partial charge in [-0.3, -0.25) is 14.4 Å².